The molecule has 0 aliphatic heterocycles. The van der Waals surface area contributed by atoms with Crippen LogP contribution in [0.15, 0.2) is 42.5 Å². The highest BCUT2D eigenvalue weighted by atomic mass is 19.1. The minimum Gasteiger partial charge on any atom is -0.398 e. The molecule has 4 N–H and O–H groups in total. The lowest BCUT2D eigenvalue weighted by Gasteiger charge is -2.17. The van der Waals surface area contributed by atoms with Gasteiger partial charge in [-0.3, -0.25) is 0 Å². The van der Waals surface area contributed by atoms with E-state index in [2.05, 4.69) is 10.6 Å². The Balaban J connectivity index is 2.03. The van der Waals surface area contributed by atoms with Gasteiger partial charge >= 0.3 is 6.03 Å². The molecule has 1 unspecified atom stereocenters. The van der Waals surface area contributed by atoms with Gasteiger partial charge in [0.25, 0.3) is 0 Å². The second kappa shape index (κ2) is 6.21. The van der Waals surface area contributed by atoms with E-state index in [1.165, 1.54) is 0 Å². The lowest BCUT2D eigenvalue weighted by molar-refractivity contribution is 0.249. The van der Waals surface area contributed by atoms with Crippen LogP contribution in [0.25, 0.3) is 0 Å². The van der Waals surface area contributed by atoms with Gasteiger partial charge in [-0.05, 0) is 30.7 Å². The monoisotopic (exact) mass is 291 g/mol. The molecule has 0 aliphatic carbocycles. The Bertz CT molecular complexity index is 661. The molecule has 0 spiro atoms. The van der Waals surface area contributed by atoms with E-state index in [4.69, 9.17) is 5.73 Å². The van der Waals surface area contributed by atoms with Crippen molar-refractivity contribution in [2.75, 3.05) is 11.1 Å². The molecule has 2 amide bonds. The van der Waals surface area contributed by atoms with Crippen molar-refractivity contribution in [2.45, 2.75) is 13.0 Å². The zero-order valence-electron chi connectivity index (χ0n) is 11.4. The van der Waals surface area contributed by atoms with E-state index < -0.39 is 17.7 Å². The summed E-state index contributed by atoms with van der Waals surface area (Å²) in [6.45, 7) is 1.76. The van der Waals surface area contributed by atoms with Crippen molar-refractivity contribution in [2.24, 2.45) is 0 Å². The first-order valence-corrected chi connectivity index (χ1v) is 6.34. The number of carbonyl (C=O) groups excluding carboxylic acids is 1. The number of halogens is 2. The summed E-state index contributed by atoms with van der Waals surface area (Å²) in [5, 5.41) is 4.96. The molecule has 0 bridgehead atoms. The van der Waals surface area contributed by atoms with Crippen molar-refractivity contribution in [1.82, 2.24) is 5.32 Å². The minimum atomic E-state index is -0.836. The maximum atomic E-state index is 13.4. The standard InChI is InChI=1S/C15H15F2N3O/c1-9(11-4-2-3-5-13(11)18)19-15(21)20-14-7-6-10(16)8-12(14)17/h2-9H,18H2,1H3,(H2,19,20,21). The highest BCUT2D eigenvalue weighted by Crippen LogP contribution is 2.20. The second-order valence-electron chi connectivity index (χ2n) is 4.57. The number of nitrogen functional groups attached to an aromatic ring is 1. The van der Waals surface area contributed by atoms with E-state index in [1.54, 1.807) is 31.2 Å². The van der Waals surface area contributed by atoms with Crippen molar-refractivity contribution in [1.29, 1.82) is 0 Å². The number of amides is 2. The number of nitrogens with two attached hydrogens (primary N) is 1. The zero-order valence-corrected chi connectivity index (χ0v) is 11.4. The van der Waals surface area contributed by atoms with Gasteiger partial charge in [-0.15, -0.1) is 0 Å². The van der Waals surface area contributed by atoms with Crippen LogP contribution < -0.4 is 16.4 Å². The zero-order chi connectivity index (χ0) is 15.4. The van der Waals surface area contributed by atoms with Crippen LogP contribution in [0, 0.1) is 11.6 Å². The smallest absolute Gasteiger partial charge is 0.319 e. The van der Waals surface area contributed by atoms with Gasteiger partial charge in [-0.25, -0.2) is 13.6 Å². The molecule has 2 aromatic carbocycles. The Kier molecular flexibility index (Phi) is 4.37. The molecule has 0 fully saturated rings. The fourth-order valence-electron chi connectivity index (χ4n) is 1.93. The lowest BCUT2D eigenvalue weighted by Crippen LogP contribution is -2.31. The van der Waals surface area contributed by atoms with E-state index in [-0.39, 0.29) is 11.7 Å². The van der Waals surface area contributed by atoms with Crippen molar-refractivity contribution in [3.05, 3.63) is 59.7 Å². The summed E-state index contributed by atoms with van der Waals surface area (Å²) >= 11 is 0. The molecule has 6 heteroatoms. The Morgan fingerprint density at radius 2 is 1.90 bits per heavy atom. The number of anilines is 2. The van der Waals surface area contributed by atoms with Gasteiger partial charge in [0.1, 0.15) is 11.6 Å². The molecule has 2 rings (SSSR count). The van der Waals surface area contributed by atoms with Gasteiger partial charge in [-0.1, -0.05) is 18.2 Å². The molecule has 4 nitrogen and oxygen atoms in total. The third-order valence-electron chi connectivity index (χ3n) is 2.99. The number of para-hydroxylation sites is 1. The Morgan fingerprint density at radius 1 is 1.19 bits per heavy atom. The minimum absolute atomic E-state index is 0.0952. The van der Waals surface area contributed by atoms with Gasteiger partial charge in [0.05, 0.1) is 11.7 Å². The number of nitrogens with one attached hydrogen (secondary N) is 2. The van der Waals surface area contributed by atoms with Crippen molar-refractivity contribution < 1.29 is 13.6 Å². The highest BCUT2D eigenvalue weighted by molar-refractivity contribution is 5.89. The molecule has 21 heavy (non-hydrogen) atoms. The van der Waals surface area contributed by atoms with Gasteiger partial charge in [0, 0.05) is 11.8 Å². The van der Waals surface area contributed by atoms with E-state index in [0.29, 0.717) is 11.8 Å². The first kappa shape index (κ1) is 14.8. The van der Waals surface area contributed by atoms with Crippen LogP contribution >= 0.6 is 0 Å². The third-order valence-corrected chi connectivity index (χ3v) is 2.99. The number of rotatable bonds is 3. The molecule has 1 atom stereocenters. The summed E-state index contributed by atoms with van der Waals surface area (Å²) < 4.78 is 26.2. The normalized spacial score (nSPS) is 11.8. The van der Waals surface area contributed by atoms with Crippen LogP contribution in [-0.2, 0) is 0 Å². The number of carbonyl (C=O) groups is 1. The molecule has 0 aliphatic rings. The van der Waals surface area contributed by atoms with Gasteiger partial charge < -0.3 is 16.4 Å². The van der Waals surface area contributed by atoms with Crippen molar-refractivity contribution in [3.63, 3.8) is 0 Å². The Morgan fingerprint density at radius 3 is 2.57 bits per heavy atom. The summed E-state index contributed by atoms with van der Waals surface area (Å²) in [4.78, 5) is 11.8. The third kappa shape index (κ3) is 3.68. The SMILES string of the molecule is CC(NC(=O)Nc1ccc(F)cc1F)c1ccccc1N. The summed E-state index contributed by atoms with van der Waals surface area (Å²) in [6, 6.07) is 9.09. The molecule has 0 saturated carbocycles. The Labute approximate surface area is 121 Å². The van der Waals surface area contributed by atoms with Crippen molar-refractivity contribution >= 4 is 17.4 Å². The summed E-state index contributed by atoms with van der Waals surface area (Å²) in [5.74, 6) is -1.54. The average molecular weight is 291 g/mol. The first-order valence-electron chi connectivity index (χ1n) is 6.34. The van der Waals surface area contributed by atoms with Gasteiger partial charge in [-0.2, -0.15) is 0 Å². The van der Waals surface area contributed by atoms with Gasteiger partial charge in [0.2, 0.25) is 0 Å². The van der Waals surface area contributed by atoms with Crippen LogP contribution in [-0.4, -0.2) is 6.03 Å². The van der Waals surface area contributed by atoms with E-state index in [1.807, 2.05) is 0 Å². The molecular formula is C15H15F2N3O. The van der Waals surface area contributed by atoms with E-state index in [9.17, 15) is 13.6 Å². The fourth-order valence-corrected chi connectivity index (χ4v) is 1.93. The van der Waals surface area contributed by atoms with E-state index >= 15 is 0 Å². The van der Waals surface area contributed by atoms with Crippen LogP contribution in [0.4, 0.5) is 25.0 Å². The van der Waals surface area contributed by atoms with Crippen molar-refractivity contribution in [3.8, 4) is 0 Å². The molecular weight excluding hydrogens is 276 g/mol. The quantitative estimate of drug-likeness (QED) is 0.758. The largest absolute Gasteiger partial charge is 0.398 e. The van der Waals surface area contributed by atoms with Gasteiger partial charge in [0.15, 0.2) is 0 Å². The summed E-state index contributed by atoms with van der Waals surface area (Å²) in [7, 11) is 0. The first-order chi connectivity index (χ1) is 9.97. The molecule has 0 aromatic heterocycles. The van der Waals surface area contributed by atoms with Crippen LogP contribution in [0.3, 0.4) is 0 Å². The molecule has 0 saturated heterocycles. The number of benzene rings is 2. The Hall–Kier alpha value is -2.63. The number of hydrogen-bond donors (Lipinski definition) is 3. The second-order valence-corrected chi connectivity index (χ2v) is 4.57. The predicted molar refractivity (Wildman–Crippen MR) is 77.8 cm³/mol. The average Bonchev–Trinajstić information content (AvgIpc) is 2.42. The summed E-state index contributed by atoms with van der Waals surface area (Å²) in [6.07, 6.45) is 0. The molecule has 0 heterocycles. The van der Waals surface area contributed by atoms with Crippen LogP contribution in [0.5, 0.6) is 0 Å². The number of urea groups is 1. The predicted octanol–water partition coefficient (Wildman–Crippen LogP) is 3.43. The molecule has 2 aromatic rings. The van der Waals surface area contributed by atoms with E-state index in [0.717, 1.165) is 17.7 Å². The maximum absolute atomic E-state index is 13.4. The number of hydrogen-bond acceptors (Lipinski definition) is 2. The fraction of sp³-hybridized carbons (Fsp3) is 0.133. The maximum Gasteiger partial charge on any atom is 0.319 e. The lowest BCUT2D eigenvalue weighted by atomic mass is 10.1. The topological polar surface area (TPSA) is 67.2 Å². The molecule has 110 valence electrons. The molecule has 0 radical (unpaired) electrons. The van der Waals surface area contributed by atoms with Crippen LogP contribution in [0.2, 0.25) is 0 Å². The van der Waals surface area contributed by atoms with Crippen LogP contribution in [0.1, 0.15) is 18.5 Å². The highest BCUT2D eigenvalue weighted by Gasteiger charge is 2.13. The summed E-state index contributed by atoms with van der Waals surface area (Å²) in [5.41, 5.74) is 7.03.